The van der Waals surface area contributed by atoms with Gasteiger partial charge in [-0.15, -0.1) is 0 Å². The predicted molar refractivity (Wildman–Crippen MR) is 82.7 cm³/mol. The van der Waals surface area contributed by atoms with Crippen LogP contribution in [0.2, 0.25) is 0 Å². The van der Waals surface area contributed by atoms with E-state index in [1.54, 1.807) is 0 Å². The summed E-state index contributed by atoms with van der Waals surface area (Å²) in [4.78, 5) is 9.22. The highest BCUT2D eigenvalue weighted by Gasteiger charge is 2.17. The van der Waals surface area contributed by atoms with E-state index < -0.39 is 0 Å². The highest BCUT2D eigenvalue weighted by Crippen LogP contribution is 2.30. The SMILES string of the molecule is CCc1ccc(-c2cnc(C3CCCCC3)nc2)cc1. The van der Waals surface area contributed by atoms with Gasteiger partial charge in [-0.25, -0.2) is 9.97 Å². The second-order valence-corrected chi connectivity index (χ2v) is 5.72. The van der Waals surface area contributed by atoms with Crippen LogP contribution >= 0.6 is 0 Å². The molecule has 0 saturated heterocycles. The fraction of sp³-hybridized carbons (Fsp3) is 0.444. The lowest BCUT2D eigenvalue weighted by atomic mass is 9.88. The number of hydrogen-bond acceptors (Lipinski definition) is 2. The topological polar surface area (TPSA) is 25.8 Å². The third-order valence-corrected chi connectivity index (χ3v) is 4.34. The molecule has 3 rings (SSSR count). The Balaban J connectivity index is 1.77. The Bertz CT molecular complexity index is 537. The van der Waals surface area contributed by atoms with Crippen molar-refractivity contribution in [3.63, 3.8) is 0 Å². The molecule has 1 aromatic carbocycles. The van der Waals surface area contributed by atoms with Crippen LogP contribution in [0.1, 0.15) is 56.3 Å². The summed E-state index contributed by atoms with van der Waals surface area (Å²) in [6, 6.07) is 8.70. The summed E-state index contributed by atoms with van der Waals surface area (Å²) < 4.78 is 0. The van der Waals surface area contributed by atoms with Crippen LogP contribution in [0.3, 0.4) is 0 Å². The molecule has 0 atom stereocenters. The largest absolute Gasteiger partial charge is 0.240 e. The summed E-state index contributed by atoms with van der Waals surface area (Å²) in [5, 5.41) is 0. The van der Waals surface area contributed by atoms with Gasteiger partial charge >= 0.3 is 0 Å². The van der Waals surface area contributed by atoms with Crippen molar-refractivity contribution in [2.75, 3.05) is 0 Å². The first-order valence-corrected chi connectivity index (χ1v) is 7.78. The molecule has 0 N–H and O–H groups in total. The first-order chi connectivity index (χ1) is 9.86. The van der Waals surface area contributed by atoms with Crippen molar-refractivity contribution in [2.45, 2.75) is 51.4 Å². The molecule has 1 saturated carbocycles. The highest BCUT2D eigenvalue weighted by molar-refractivity contribution is 5.61. The fourth-order valence-electron chi connectivity index (χ4n) is 2.99. The van der Waals surface area contributed by atoms with Crippen LogP contribution in [0.5, 0.6) is 0 Å². The predicted octanol–water partition coefficient (Wildman–Crippen LogP) is 4.75. The molecule has 104 valence electrons. The Hall–Kier alpha value is -1.70. The zero-order chi connectivity index (χ0) is 13.8. The van der Waals surface area contributed by atoms with E-state index in [1.165, 1.54) is 43.2 Å². The maximum absolute atomic E-state index is 4.61. The van der Waals surface area contributed by atoms with E-state index >= 15 is 0 Å². The van der Waals surface area contributed by atoms with Crippen LogP contribution in [0.25, 0.3) is 11.1 Å². The number of aryl methyl sites for hydroxylation is 1. The molecule has 2 aromatic rings. The third-order valence-electron chi connectivity index (χ3n) is 4.34. The molecule has 1 aliphatic rings. The zero-order valence-corrected chi connectivity index (χ0v) is 12.2. The average Bonchev–Trinajstić information content (AvgIpc) is 2.56. The van der Waals surface area contributed by atoms with Crippen LogP contribution < -0.4 is 0 Å². The van der Waals surface area contributed by atoms with Crippen molar-refractivity contribution >= 4 is 0 Å². The van der Waals surface area contributed by atoms with Crippen molar-refractivity contribution in [1.29, 1.82) is 0 Å². The minimum atomic E-state index is 0.584. The van der Waals surface area contributed by atoms with Gasteiger partial charge < -0.3 is 0 Å². The molecule has 1 heterocycles. The number of benzene rings is 1. The standard InChI is InChI=1S/C18H22N2/c1-2-14-8-10-15(11-9-14)17-12-19-18(20-13-17)16-6-4-3-5-7-16/h8-13,16H,2-7H2,1H3. The van der Waals surface area contributed by atoms with Crippen LogP contribution in [-0.4, -0.2) is 9.97 Å². The minimum Gasteiger partial charge on any atom is -0.240 e. The van der Waals surface area contributed by atoms with Crippen molar-refractivity contribution in [2.24, 2.45) is 0 Å². The molecule has 2 heteroatoms. The molecule has 0 amide bonds. The summed E-state index contributed by atoms with van der Waals surface area (Å²) in [6.45, 7) is 2.18. The lowest BCUT2D eigenvalue weighted by Crippen LogP contribution is -2.08. The summed E-state index contributed by atoms with van der Waals surface area (Å²) >= 11 is 0. The van der Waals surface area contributed by atoms with Gasteiger partial charge in [0.1, 0.15) is 5.82 Å². The summed E-state index contributed by atoms with van der Waals surface area (Å²) in [6.07, 6.45) is 11.6. The Kier molecular flexibility index (Phi) is 4.10. The van der Waals surface area contributed by atoms with E-state index in [0.717, 1.165) is 17.8 Å². The molecule has 1 aromatic heterocycles. The van der Waals surface area contributed by atoms with Gasteiger partial charge in [-0.05, 0) is 30.4 Å². The monoisotopic (exact) mass is 266 g/mol. The normalized spacial score (nSPS) is 16.2. The Morgan fingerprint density at radius 3 is 2.15 bits per heavy atom. The van der Waals surface area contributed by atoms with Gasteiger partial charge in [-0.3, -0.25) is 0 Å². The average molecular weight is 266 g/mol. The maximum atomic E-state index is 4.61. The Morgan fingerprint density at radius 1 is 0.900 bits per heavy atom. The molecule has 0 radical (unpaired) electrons. The van der Waals surface area contributed by atoms with Crippen LogP contribution in [-0.2, 0) is 6.42 Å². The highest BCUT2D eigenvalue weighted by atomic mass is 14.9. The molecule has 1 aliphatic carbocycles. The van der Waals surface area contributed by atoms with Crippen molar-refractivity contribution in [1.82, 2.24) is 9.97 Å². The second kappa shape index (κ2) is 6.17. The first kappa shape index (κ1) is 13.3. The van der Waals surface area contributed by atoms with Gasteiger partial charge in [0.15, 0.2) is 0 Å². The molecule has 1 fully saturated rings. The van der Waals surface area contributed by atoms with E-state index in [-0.39, 0.29) is 0 Å². The van der Waals surface area contributed by atoms with Crippen molar-refractivity contribution in [3.05, 3.63) is 48.0 Å². The molecular weight excluding hydrogens is 244 g/mol. The van der Waals surface area contributed by atoms with Crippen molar-refractivity contribution < 1.29 is 0 Å². The lowest BCUT2D eigenvalue weighted by molar-refractivity contribution is 0.428. The molecule has 0 aliphatic heterocycles. The van der Waals surface area contributed by atoms with E-state index in [1.807, 2.05) is 12.4 Å². The summed E-state index contributed by atoms with van der Waals surface area (Å²) in [5.74, 6) is 1.62. The smallest absolute Gasteiger partial charge is 0.131 e. The third kappa shape index (κ3) is 2.90. The quantitative estimate of drug-likeness (QED) is 0.801. The van der Waals surface area contributed by atoms with Crippen molar-refractivity contribution in [3.8, 4) is 11.1 Å². The van der Waals surface area contributed by atoms with E-state index in [0.29, 0.717) is 5.92 Å². The van der Waals surface area contributed by atoms with Gasteiger partial charge in [0.2, 0.25) is 0 Å². The molecule has 0 bridgehead atoms. The minimum absolute atomic E-state index is 0.584. The van der Waals surface area contributed by atoms with Crippen LogP contribution in [0.15, 0.2) is 36.7 Å². The molecule has 0 unspecified atom stereocenters. The van der Waals surface area contributed by atoms with Crippen LogP contribution in [0.4, 0.5) is 0 Å². The van der Waals surface area contributed by atoms with Gasteiger partial charge in [-0.2, -0.15) is 0 Å². The second-order valence-electron chi connectivity index (χ2n) is 5.72. The first-order valence-electron chi connectivity index (χ1n) is 7.78. The van der Waals surface area contributed by atoms with E-state index in [4.69, 9.17) is 0 Å². The van der Waals surface area contributed by atoms with E-state index in [2.05, 4.69) is 41.2 Å². The van der Waals surface area contributed by atoms with Gasteiger partial charge in [0.25, 0.3) is 0 Å². The number of rotatable bonds is 3. The molecule has 0 spiro atoms. The van der Waals surface area contributed by atoms with Gasteiger partial charge in [-0.1, -0.05) is 50.5 Å². The number of nitrogens with zero attached hydrogens (tertiary/aromatic N) is 2. The van der Waals surface area contributed by atoms with E-state index in [9.17, 15) is 0 Å². The zero-order valence-electron chi connectivity index (χ0n) is 12.2. The van der Waals surface area contributed by atoms with Gasteiger partial charge in [0.05, 0.1) is 0 Å². The molecule has 20 heavy (non-hydrogen) atoms. The summed E-state index contributed by atoms with van der Waals surface area (Å²) in [7, 11) is 0. The van der Waals surface area contributed by atoms with Crippen LogP contribution in [0, 0.1) is 0 Å². The number of hydrogen-bond donors (Lipinski definition) is 0. The lowest BCUT2D eigenvalue weighted by Gasteiger charge is -2.20. The molecule has 2 nitrogen and oxygen atoms in total. The maximum Gasteiger partial charge on any atom is 0.131 e. The molecular formula is C18H22N2. The Morgan fingerprint density at radius 2 is 1.55 bits per heavy atom. The summed E-state index contributed by atoms with van der Waals surface area (Å²) in [5.41, 5.74) is 3.69. The fourth-order valence-corrected chi connectivity index (χ4v) is 2.99. The van der Waals surface area contributed by atoms with Gasteiger partial charge in [0, 0.05) is 23.9 Å². The Labute approximate surface area is 121 Å². The number of aromatic nitrogens is 2.